The first kappa shape index (κ1) is 23.6. The van der Waals surface area contributed by atoms with Gasteiger partial charge in [0.15, 0.2) is 0 Å². The predicted molar refractivity (Wildman–Crippen MR) is 121 cm³/mol. The van der Waals surface area contributed by atoms with Crippen LogP contribution in [-0.2, 0) is 14.6 Å². The van der Waals surface area contributed by atoms with Crippen molar-refractivity contribution in [1.29, 1.82) is 0 Å². The minimum Gasteiger partial charge on any atom is -0.340 e. The number of hydrogen-bond donors (Lipinski definition) is 2. The van der Waals surface area contributed by atoms with Gasteiger partial charge < -0.3 is 10.6 Å². The summed E-state index contributed by atoms with van der Waals surface area (Å²) in [5, 5.41) is 5.46. The van der Waals surface area contributed by atoms with E-state index in [0.29, 0.717) is 17.2 Å². The van der Waals surface area contributed by atoms with Gasteiger partial charge in [0.25, 0.3) is 5.91 Å². The van der Waals surface area contributed by atoms with Crippen LogP contribution in [0.3, 0.4) is 0 Å². The minimum absolute atomic E-state index is 0.00677. The van der Waals surface area contributed by atoms with E-state index in [9.17, 15) is 18.0 Å². The summed E-state index contributed by atoms with van der Waals surface area (Å²) in [7, 11) is -3.28. The number of sulfone groups is 1. The Morgan fingerprint density at radius 2 is 1.73 bits per heavy atom. The molecule has 0 aromatic heterocycles. The Balaban J connectivity index is 2.14. The van der Waals surface area contributed by atoms with Gasteiger partial charge in [-0.05, 0) is 55.5 Å². The van der Waals surface area contributed by atoms with Crippen LogP contribution in [-0.4, -0.2) is 38.3 Å². The third-order valence-electron chi connectivity index (χ3n) is 5.04. The number of anilines is 1. The minimum atomic E-state index is -3.28. The van der Waals surface area contributed by atoms with E-state index in [1.165, 1.54) is 5.56 Å². The van der Waals surface area contributed by atoms with Gasteiger partial charge in [-0.15, -0.1) is 0 Å². The van der Waals surface area contributed by atoms with Gasteiger partial charge in [0.2, 0.25) is 5.91 Å². The molecule has 2 atom stereocenters. The lowest BCUT2D eigenvalue weighted by molar-refractivity contribution is -0.118. The van der Waals surface area contributed by atoms with E-state index in [4.69, 9.17) is 0 Å². The van der Waals surface area contributed by atoms with Crippen molar-refractivity contribution >= 4 is 27.3 Å². The van der Waals surface area contributed by atoms with Crippen molar-refractivity contribution in [2.75, 3.05) is 17.3 Å². The molecule has 0 heterocycles. The Labute approximate surface area is 179 Å². The first-order chi connectivity index (χ1) is 14.1. The van der Waals surface area contributed by atoms with E-state index in [0.717, 1.165) is 18.2 Å². The van der Waals surface area contributed by atoms with Gasteiger partial charge in [-0.1, -0.05) is 43.7 Å². The quantitative estimate of drug-likeness (QED) is 0.635. The van der Waals surface area contributed by atoms with Crippen LogP contribution in [0.2, 0.25) is 0 Å². The Bertz CT molecular complexity index is 985. The SMILES string of the molecule is CC[C@@H](C)c1ccc(NC(=O)[C@@H](CCS(C)(=O)=O)NC(=O)c2cccc(C)c2)cc1. The van der Waals surface area contributed by atoms with Crippen molar-refractivity contribution in [2.24, 2.45) is 0 Å². The third-order valence-corrected chi connectivity index (χ3v) is 6.02. The fourth-order valence-electron chi connectivity index (χ4n) is 2.99. The van der Waals surface area contributed by atoms with Crippen LogP contribution < -0.4 is 10.6 Å². The zero-order chi connectivity index (χ0) is 22.3. The number of nitrogens with one attached hydrogen (secondary N) is 2. The van der Waals surface area contributed by atoms with Crippen LogP contribution in [0, 0.1) is 6.92 Å². The highest BCUT2D eigenvalue weighted by atomic mass is 32.2. The van der Waals surface area contributed by atoms with Crippen molar-refractivity contribution in [3.63, 3.8) is 0 Å². The maximum atomic E-state index is 12.8. The van der Waals surface area contributed by atoms with E-state index in [1.54, 1.807) is 18.2 Å². The van der Waals surface area contributed by atoms with E-state index in [2.05, 4.69) is 24.5 Å². The van der Waals surface area contributed by atoms with Crippen LogP contribution in [0.4, 0.5) is 5.69 Å². The summed E-state index contributed by atoms with van der Waals surface area (Å²) in [6.07, 6.45) is 2.12. The zero-order valence-corrected chi connectivity index (χ0v) is 18.8. The summed E-state index contributed by atoms with van der Waals surface area (Å²) in [5.41, 5.74) is 3.12. The number of amides is 2. The maximum absolute atomic E-state index is 12.8. The number of carbonyl (C=O) groups is 2. The zero-order valence-electron chi connectivity index (χ0n) is 17.9. The summed E-state index contributed by atoms with van der Waals surface area (Å²) >= 11 is 0. The van der Waals surface area contributed by atoms with E-state index in [-0.39, 0.29) is 12.2 Å². The highest BCUT2D eigenvalue weighted by Crippen LogP contribution is 2.20. The number of benzene rings is 2. The lowest BCUT2D eigenvalue weighted by Crippen LogP contribution is -2.44. The highest BCUT2D eigenvalue weighted by Gasteiger charge is 2.23. The van der Waals surface area contributed by atoms with Gasteiger partial charge in [0.1, 0.15) is 15.9 Å². The predicted octanol–water partition coefficient (Wildman–Crippen LogP) is 3.68. The molecule has 2 N–H and O–H groups in total. The van der Waals surface area contributed by atoms with Crippen molar-refractivity contribution in [2.45, 2.75) is 45.6 Å². The molecule has 0 unspecified atom stereocenters. The van der Waals surface area contributed by atoms with Gasteiger partial charge in [0.05, 0.1) is 5.75 Å². The first-order valence-electron chi connectivity index (χ1n) is 10.0. The van der Waals surface area contributed by atoms with E-state index in [1.807, 2.05) is 37.3 Å². The number of hydrogen-bond acceptors (Lipinski definition) is 4. The second-order valence-corrected chi connectivity index (χ2v) is 9.99. The lowest BCUT2D eigenvalue weighted by Gasteiger charge is -2.19. The smallest absolute Gasteiger partial charge is 0.251 e. The number of aryl methyl sites for hydroxylation is 1. The topological polar surface area (TPSA) is 92.3 Å². The summed E-state index contributed by atoms with van der Waals surface area (Å²) in [5.74, 6) is -0.645. The van der Waals surface area contributed by atoms with Crippen molar-refractivity contribution in [3.05, 3.63) is 65.2 Å². The molecule has 0 fully saturated rings. The van der Waals surface area contributed by atoms with E-state index < -0.39 is 27.7 Å². The molecular formula is C23H30N2O4S. The van der Waals surface area contributed by atoms with Gasteiger partial charge in [-0.2, -0.15) is 0 Å². The van der Waals surface area contributed by atoms with Gasteiger partial charge in [-0.3, -0.25) is 9.59 Å². The third kappa shape index (κ3) is 7.30. The standard InChI is InChI=1S/C23H30N2O4S/c1-5-17(3)18-9-11-20(12-10-18)24-23(27)21(13-14-30(4,28)29)25-22(26)19-8-6-7-16(2)15-19/h6-12,15,17,21H,5,13-14H2,1-4H3,(H,24,27)(H,25,26)/t17-,21-/m1/s1. The van der Waals surface area contributed by atoms with Crippen LogP contribution in [0.15, 0.2) is 48.5 Å². The molecule has 0 aliphatic heterocycles. The summed E-state index contributed by atoms with van der Waals surface area (Å²) in [4.78, 5) is 25.4. The molecule has 7 heteroatoms. The van der Waals surface area contributed by atoms with Crippen LogP contribution in [0.25, 0.3) is 0 Å². The molecule has 0 bridgehead atoms. The lowest BCUT2D eigenvalue weighted by atomic mass is 9.98. The largest absolute Gasteiger partial charge is 0.340 e. The molecule has 0 spiro atoms. The molecule has 0 aliphatic rings. The summed E-state index contributed by atoms with van der Waals surface area (Å²) in [6, 6.07) is 13.6. The average Bonchev–Trinajstić information content (AvgIpc) is 2.70. The Kier molecular flexibility index (Phi) is 8.17. The molecule has 6 nitrogen and oxygen atoms in total. The molecule has 2 aromatic carbocycles. The Hall–Kier alpha value is -2.67. The number of carbonyl (C=O) groups excluding carboxylic acids is 2. The van der Waals surface area contributed by atoms with Crippen LogP contribution in [0.1, 0.15) is 54.1 Å². The van der Waals surface area contributed by atoms with Gasteiger partial charge in [-0.25, -0.2) is 8.42 Å². The molecule has 2 amide bonds. The molecule has 162 valence electrons. The highest BCUT2D eigenvalue weighted by molar-refractivity contribution is 7.90. The Morgan fingerprint density at radius 3 is 2.30 bits per heavy atom. The summed E-state index contributed by atoms with van der Waals surface area (Å²) < 4.78 is 23.2. The number of rotatable bonds is 9. The molecule has 0 aliphatic carbocycles. The van der Waals surface area contributed by atoms with Gasteiger partial charge in [0, 0.05) is 17.5 Å². The molecule has 0 radical (unpaired) electrons. The van der Waals surface area contributed by atoms with Gasteiger partial charge >= 0.3 is 0 Å². The Morgan fingerprint density at radius 1 is 1.07 bits per heavy atom. The molecule has 0 saturated heterocycles. The first-order valence-corrected chi connectivity index (χ1v) is 12.1. The second-order valence-electron chi connectivity index (χ2n) is 7.73. The molecule has 2 rings (SSSR count). The molecule has 2 aromatic rings. The molecule has 30 heavy (non-hydrogen) atoms. The van der Waals surface area contributed by atoms with Crippen molar-refractivity contribution in [3.8, 4) is 0 Å². The maximum Gasteiger partial charge on any atom is 0.251 e. The molecular weight excluding hydrogens is 400 g/mol. The van der Waals surface area contributed by atoms with Crippen LogP contribution in [0.5, 0.6) is 0 Å². The monoisotopic (exact) mass is 430 g/mol. The van der Waals surface area contributed by atoms with Crippen LogP contribution >= 0.6 is 0 Å². The average molecular weight is 431 g/mol. The second kappa shape index (κ2) is 10.4. The fourth-order valence-corrected chi connectivity index (χ4v) is 3.65. The molecule has 0 saturated carbocycles. The normalized spacial score (nSPS) is 13.3. The summed E-state index contributed by atoms with van der Waals surface area (Å²) in [6.45, 7) is 6.12. The fraction of sp³-hybridized carbons (Fsp3) is 0.391. The van der Waals surface area contributed by atoms with Crippen molar-refractivity contribution in [1.82, 2.24) is 5.32 Å². The van der Waals surface area contributed by atoms with Crippen molar-refractivity contribution < 1.29 is 18.0 Å². The van der Waals surface area contributed by atoms with E-state index >= 15 is 0 Å².